The van der Waals surface area contributed by atoms with Gasteiger partial charge < -0.3 is 9.30 Å². The monoisotopic (exact) mass is 322 g/mol. The molecule has 0 fully saturated rings. The van der Waals surface area contributed by atoms with Gasteiger partial charge in [-0.25, -0.2) is 9.78 Å². The van der Waals surface area contributed by atoms with E-state index in [4.69, 9.17) is 4.74 Å². The topological polar surface area (TPSA) is 44.1 Å². The Morgan fingerprint density at radius 2 is 2.11 bits per heavy atom. The molecule has 0 bridgehead atoms. The predicted octanol–water partition coefficient (Wildman–Crippen LogP) is 3.07. The molecule has 5 heteroatoms. The van der Waals surface area contributed by atoms with Gasteiger partial charge in [-0.15, -0.1) is 0 Å². The number of ether oxygens (including phenoxy) is 1. The van der Waals surface area contributed by atoms with Gasteiger partial charge in [0.15, 0.2) is 5.69 Å². The van der Waals surface area contributed by atoms with Crippen LogP contribution in [0.1, 0.15) is 23.0 Å². The highest BCUT2D eigenvalue weighted by molar-refractivity contribution is 9.10. The van der Waals surface area contributed by atoms with Crippen molar-refractivity contribution in [1.29, 1.82) is 0 Å². The number of benzene rings is 1. The number of aryl methyl sites for hydroxylation is 2. The van der Waals surface area contributed by atoms with Gasteiger partial charge in [0.2, 0.25) is 0 Å². The molecule has 0 radical (unpaired) electrons. The van der Waals surface area contributed by atoms with Gasteiger partial charge in [-0.05, 0) is 34.8 Å². The fourth-order valence-corrected chi connectivity index (χ4v) is 2.30. The summed E-state index contributed by atoms with van der Waals surface area (Å²) in [6.07, 6.45) is 2.50. The van der Waals surface area contributed by atoms with Crippen LogP contribution in [0.3, 0.4) is 0 Å². The lowest BCUT2D eigenvalue weighted by Gasteiger charge is -2.08. The molecule has 0 aliphatic carbocycles. The van der Waals surface area contributed by atoms with Crippen LogP contribution in [0.5, 0.6) is 0 Å². The van der Waals surface area contributed by atoms with Gasteiger partial charge in [0, 0.05) is 6.54 Å². The molecule has 0 unspecified atom stereocenters. The summed E-state index contributed by atoms with van der Waals surface area (Å²) < 4.78 is 7.37. The molecule has 1 aromatic carbocycles. The summed E-state index contributed by atoms with van der Waals surface area (Å²) in [6.45, 7) is 2.84. The van der Waals surface area contributed by atoms with Gasteiger partial charge in [0.25, 0.3) is 0 Å². The van der Waals surface area contributed by atoms with E-state index in [9.17, 15) is 4.79 Å². The van der Waals surface area contributed by atoms with Crippen molar-refractivity contribution in [2.75, 3.05) is 6.61 Å². The van der Waals surface area contributed by atoms with Crippen LogP contribution in [-0.2, 0) is 17.7 Å². The zero-order valence-corrected chi connectivity index (χ0v) is 12.3. The molecule has 4 nitrogen and oxygen atoms in total. The maximum Gasteiger partial charge on any atom is 0.357 e. The van der Waals surface area contributed by atoms with E-state index < -0.39 is 0 Å². The fraction of sp³-hybridized carbons (Fsp3) is 0.286. The predicted molar refractivity (Wildman–Crippen MR) is 76.0 cm³/mol. The summed E-state index contributed by atoms with van der Waals surface area (Å²) in [5.41, 5.74) is 1.69. The number of nitrogens with zero attached hydrogens (tertiary/aromatic N) is 2. The Labute approximate surface area is 120 Å². The molecule has 1 heterocycles. The molecule has 0 aliphatic heterocycles. The molecule has 0 spiro atoms. The van der Waals surface area contributed by atoms with Gasteiger partial charge in [-0.1, -0.05) is 30.3 Å². The van der Waals surface area contributed by atoms with E-state index in [2.05, 4.69) is 33.0 Å². The van der Waals surface area contributed by atoms with Crippen molar-refractivity contribution in [1.82, 2.24) is 9.55 Å². The highest BCUT2D eigenvalue weighted by Crippen LogP contribution is 2.16. The second kappa shape index (κ2) is 6.52. The third-order valence-electron chi connectivity index (χ3n) is 2.75. The molecule has 2 rings (SSSR count). The van der Waals surface area contributed by atoms with Gasteiger partial charge in [0.1, 0.15) is 4.60 Å². The summed E-state index contributed by atoms with van der Waals surface area (Å²) in [7, 11) is 0. The van der Waals surface area contributed by atoms with Crippen LogP contribution in [0.2, 0.25) is 0 Å². The normalized spacial score (nSPS) is 10.4. The summed E-state index contributed by atoms with van der Waals surface area (Å²) >= 11 is 3.28. The lowest BCUT2D eigenvalue weighted by molar-refractivity contribution is 0.0512. The number of imidazole rings is 1. The van der Waals surface area contributed by atoms with E-state index in [1.165, 1.54) is 5.56 Å². The number of esters is 1. The number of rotatable bonds is 5. The molecule has 1 aromatic heterocycles. The fourth-order valence-electron chi connectivity index (χ4n) is 1.82. The van der Waals surface area contributed by atoms with E-state index in [1.807, 2.05) is 22.8 Å². The molecule has 2 aromatic rings. The summed E-state index contributed by atoms with van der Waals surface area (Å²) in [6, 6.07) is 10.1. The third-order valence-corrected chi connectivity index (χ3v) is 3.33. The number of halogens is 1. The maximum atomic E-state index is 11.8. The van der Waals surface area contributed by atoms with Crippen LogP contribution in [0.15, 0.2) is 41.3 Å². The lowest BCUT2D eigenvalue weighted by atomic mass is 10.1. The van der Waals surface area contributed by atoms with E-state index in [0.29, 0.717) is 23.4 Å². The van der Waals surface area contributed by atoms with Crippen molar-refractivity contribution in [2.24, 2.45) is 0 Å². The highest BCUT2D eigenvalue weighted by atomic mass is 79.9. The average molecular weight is 323 g/mol. The average Bonchev–Trinajstić information content (AvgIpc) is 2.79. The first kappa shape index (κ1) is 13.8. The third kappa shape index (κ3) is 3.44. The van der Waals surface area contributed by atoms with E-state index in [-0.39, 0.29) is 5.97 Å². The smallest absolute Gasteiger partial charge is 0.357 e. The van der Waals surface area contributed by atoms with Crippen molar-refractivity contribution in [3.8, 4) is 0 Å². The number of carbonyl (C=O) groups excluding carboxylic acids is 1. The van der Waals surface area contributed by atoms with Crippen molar-refractivity contribution in [3.05, 3.63) is 52.5 Å². The molecule has 0 saturated carbocycles. The molecule has 19 heavy (non-hydrogen) atoms. The lowest BCUT2D eigenvalue weighted by Crippen LogP contribution is -2.13. The number of hydrogen-bond acceptors (Lipinski definition) is 3. The summed E-state index contributed by atoms with van der Waals surface area (Å²) in [5, 5.41) is 0. The molecule has 0 aliphatic rings. The number of carbonyl (C=O) groups is 1. The Morgan fingerprint density at radius 3 is 2.79 bits per heavy atom. The van der Waals surface area contributed by atoms with Crippen LogP contribution in [0.25, 0.3) is 0 Å². The molecular weight excluding hydrogens is 308 g/mol. The zero-order valence-electron chi connectivity index (χ0n) is 10.7. The van der Waals surface area contributed by atoms with Crippen molar-refractivity contribution >= 4 is 21.9 Å². The highest BCUT2D eigenvalue weighted by Gasteiger charge is 2.18. The van der Waals surface area contributed by atoms with Crippen molar-refractivity contribution in [3.63, 3.8) is 0 Å². The largest absolute Gasteiger partial charge is 0.461 e. The minimum atomic E-state index is -0.347. The van der Waals surface area contributed by atoms with Crippen LogP contribution in [0, 0.1) is 0 Å². The molecule has 100 valence electrons. The minimum Gasteiger partial charge on any atom is -0.461 e. The Hall–Kier alpha value is -1.62. The van der Waals surface area contributed by atoms with Gasteiger partial charge in [-0.2, -0.15) is 0 Å². The first-order valence-corrected chi connectivity index (χ1v) is 6.93. The number of aromatic nitrogens is 2. The quantitative estimate of drug-likeness (QED) is 0.795. The molecule has 0 atom stereocenters. The maximum absolute atomic E-state index is 11.8. The van der Waals surface area contributed by atoms with E-state index in [0.717, 1.165) is 6.42 Å². The van der Waals surface area contributed by atoms with E-state index >= 15 is 0 Å². The molecule has 0 N–H and O–H groups in total. The Balaban J connectivity index is 2.11. The van der Waals surface area contributed by atoms with Crippen LogP contribution in [-0.4, -0.2) is 22.1 Å². The Morgan fingerprint density at radius 1 is 1.37 bits per heavy atom. The molecule has 0 amide bonds. The van der Waals surface area contributed by atoms with Crippen molar-refractivity contribution < 1.29 is 9.53 Å². The van der Waals surface area contributed by atoms with Crippen molar-refractivity contribution in [2.45, 2.75) is 19.9 Å². The standard InChI is InChI=1S/C14H15BrN2O2/c1-2-19-14(18)12-13(15)16-10-17(12)9-8-11-6-4-3-5-7-11/h3-7,10H,2,8-9H2,1H3. The molecule has 0 saturated heterocycles. The minimum absolute atomic E-state index is 0.347. The van der Waals surface area contributed by atoms with E-state index in [1.54, 1.807) is 13.3 Å². The van der Waals surface area contributed by atoms with Crippen LogP contribution in [0.4, 0.5) is 0 Å². The summed E-state index contributed by atoms with van der Waals surface area (Å²) in [5.74, 6) is -0.347. The van der Waals surface area contributed by atoms with Crippen LogP contribution >= 0.6 is 15.9 Å². The molecular formula is C14H15BrN2O2. The van der Waals surface area contributed by atoms with Crippen LogP contribution < -0.4 is 0 Å². The number of hydrogen-bond donors (Lipinski definition) is 0. The zero-order chi connectivity index (χ0) is 13.7. The second-order valence-electron chi connectivity index (χ2n) is 4.03. The Bertz CT molecular complexity index is 552. The second-order valence-corrected chi connectivity index (χ2v) is 4.78. The van der Waals surface area contributed by atoms with Gasteiger partial charge >= 0.3 is 5.97 Å². The first-order chi connectivity index (χ1) is 9.22. The SMILES string of the molecule is CCOC(=O)c1c(Br)ncn1CCc1ccccc1. The summed E-state index contributed by atoms with van der Waals surface area (Å²) in [4.78, 5) is 16.0. The Kier molecular flexibility index (Phi) is 4.74. The van der Waals surface area contributed by atoms with Gasteiger partial charge in [-0.3, -0.25) is 0 Å². The first-order valence-electron chi connectivity index (χ1n) is 6.14. The van der Waals surface area contributed by atoms with Gasteiger partial charge in [0.05, 0.1) is 12.9 Å².